The molecular weight excluding hydrogens is 318 g/mol. The summed E-state index contributed by atoms with van der Waals surface area (Å²) >= 11 is 7.38. The lowest BCUT2D eigenvalue weighted by Gasteiger charge is -2.17. The Morgan fingerprint density at radius 2 is 2.10 bits per heavy atom. The number of hydrogen-bond donors (Lipinski definition) is 1. The van der Waals surface area contributed by atoms with Gasteiger partial charge in [0, 0.05) is 23.5 Å². The highest BCUT2D eigenvalue weighted by atomic mass is 35.5. The van der Waals surface area contributed by atoms with Gasteiger partial charge < -0.3 is 5.11 Å². The fourth-order valence-corrected chi connectivity index (χ4v) is 3.94. The van der Waals surface area contributed by atoms with Crippen LogP contribution in [0.3, 0.4) is 0 Å². The lowest BCUT2D eigenvalue weighted by Crippen LogP contribution is -2.26. The van der Waals surface area contributed by atoms with Crippen molar-refractivity contribution in [3.05, 3.63) is 51.2 Å². The van der Waals surface area contributed by atoms with Gasteiger partial charge in [0.1, 0.15) is 0 Å². The van der Waals surface area contributed by atoms with Crippen molar-refractivity contribution >= 4 is 33.0 Å². The Morgan fingerprint density at radius 3 is 2.70 bits per heavy atom. The second-order valence-electron chi connectivity index (χ2n) is 4.25. The number of aliphatic hydroxyl groups excluding tert-OH is 1. The smallest absolute Gasteiger partial charge is 0.243 e. The number of halogens is 1. The van der Waals surface area contributed by atoms with Crippen LogP contribution in [0.25, 0.3) is 0 Å². The van der Waals surface area contributed by atoms with Crippen LogP contribution in [0, 0.1) is 0 Å². The molecule has 0 fully saturated rings. The Balaban J connectivity index is 2.29. The van der Waals surface area contributed by atoms with E-state index in [1.807, 2.05) is 17.5 Å². The summed E-state index contributed by atoms with van der Waals surface area (Å²) in [5, 5.41) is 11.4. The van der Waals surface area contributed by atoms with Gasteiger partial charge in [0.2, 0.25) is 10.0 Å². The first kappa shape index (κ1) is 15.5. The number of aliphatic hydroxyl groups is 1. The zero-order valence-corrected chi connectivity index (χ0v) is 13.2. The molecule has 108 valence electrons. The third kappa shape index (κ3) is 3.21. The molecule has 20 heavy (non-hydrogen) atoms. The zero-order chi connectivity index (χ0) is 14.8. The highest BCUT2D eigenvalue weighted by Gasteiger charge is 2.22. The van der Waals surface area contributed by atoms with Crippen LogP contribution in [0.15, 0.2) is 40.6 Å². The predicted octanol–water partition coefficient (Wildman–Crippen LogP) is 2.71. The molecule has 4 nitrogen and oxygen atoms in total. The van der Waals surface area contributed by atoms with Crippen molar-refractivity contribution in [2.45, 2.75) is 18.0 Å². The van der Waals surface area contributed by atoms with Crippen LogP contribution < -0.4 is 0 Å². The summed E-state index contributed by atoms with van der Waals surface area (Å²) in [5.74, 6) is 0. The van der Waals surface area contributed by atoms with Crippen molar-refractivity contribution in [1.82, 2.24) is 4.31 Å². The summed E-state index contributed by atoms with van der Waals surface area (Å²) in [5.41, 5.74) is 0.400. The highest BCUT2D eigenvalue weighted by Crippen LogP contribution is 2.24. The molecule has 0 atom stereocenters. The lowest BCUT2D eigenvalue weighted by atomic mass is 10.2. The molecule has 1 N–H and O–H groups in total. The van der Waals surface area contributed by atoms with E-state index in [1.54, 1.807) is 0 Å². The number of rotatable bonds is 5. The molecule has 0 amide bonds. The van der Waals surface area contributed by atoms with E-state index in [4.69, 9.17) is 16.7 Å². The van der Waals surface area contributed by atoms with Gasteiger partial charge in [-0.1, -0.05) is 17.7 Å². The maximum Gasteiger partial charge on any atom is 0.243 e. The first-order chi connectivity index (χ1) is 9.45. The Bertz CT molecular complexity index is 684. The van der Waals surface area contributed by atoms with E-state index in [9.17, 15) is 8.42 Å². The van der Waals surface area contributed by atoms with Gasteiger partial charge in [-0.25, -0.2) is 8.42 Å². The zero-order valence-electron chi connectivity index (χ0n) is 10.8. The monoisotopic (exact) mass is 331 g/mol. The molecule has 0 aliphatic heterocycles. The normalized spacial score (nSPS) is 12.0. The van der Waals surface area contributed by atoms with Crippen LogP contribution >= 0.6 is 22.9 Å². The van der Waals surface area contributed by atoms with Crippen LogP contribution in [0.4, 0.5) is 0 Å². The average molecular weight is 332 g/mol. The predicted molar refractivity (Wildman–Crippen MR) is 80.3 cm³/mol. The molecule has 1 aromatic carbocycles. The van der Waals surface area contributed by atoms with Crippen LogP contribution in [0.5, 0.6) is 0 Å². The average Bonchev–Trinajstić information content (AvgIpc) is 2.91. The molecule has 0 spiro atoms. The van der Waals surface area contributed by atoms with E-state index in [0.29, 0.717) is 17.1 Å². The Kier molecular flexibility index (Phi) is 4.82. The van der Waals surface area contributed by atoms with Crippen molar-refractivity contribution in [1.29, 1.82) is 0 Å². The van der Waals surface area contributed by atoms with E-state index in [-0.39, 0.29) is 11.5 Å². The minimum atomic E-state index is -3.59. The van der Waals surface area contributed by atoms with E-state index in [2.05, 4.69) is 0 Å². The van der Waals surface area contributed by atoms with Gasteiger partial charge in [0.15, 0.2) is 0 Å². The first-order valence-electron chi connectivity index (χ1n) is 5.83. The summed E-state index contributed by atoms with van der Waals surface area (Å²) in [4.78, 5) is 1.09. The Labute approximate surface area is 127 Å². The fraction of sp³-hybridized carbons (Fsp3) is 0.231. The number of sulfonamides is 1. The third-order valence-electron chi connectivity index (χ3n) is 2.85. The highest BCUT2D eigenvalue weighted by molar-refractivity contribution is 7.89. The maximum absolute atomic E-state index is 12.4. The van der Waals surface area contributed by atoms with Crippen molar-refractivity contribution in [3.63, 3.8) is 0 Å². The summed E-state index contributed by atoms with van der Waals surface area (Å²) < 4.78 is 26.2. The second-order valence-corrected chi connectivity index (χ2v) is 7.74. The summed E-state index contributed by atoms with van der Waals surface area (Å²) in [6.07, 6.45) is 0. The molecule has 0 aliphatic rings. The Hall–Kier alpha value is -0.920. The standard InChI is InChI=1S/C13H14ClNO3S2/c1-15(8-11-3-2-6-19-11)20(17,18)12-4-5-13(14)10(7-12)9-16/h2-7,16H,8-9H2,1H3. The van der Waals surface area contributed by atoms with Gasteiger partial charge in [-0.3, -0.25) is 0 Å². The molecule has 0 unspecified atom stereocenters. The number of nitrogens with zero attached hydrogens (tertiary/aromatic N) is 1. The van der Waals surface area contributed by atoms with Crippen LogP contribution in [-0.4, -0.2) is 24.9 Å². The molecule has 0 saturated heterocycles. The van der Waals surface area contributed by atoms with Gasteiger partial charge in [0.25, 0.3) is 0 Å². The van der Waals surface area contributed by atoms with Crippen LogP contribution in [0.1, 0.15) is 10.4 Å². The van der Waals surface area contributed by atoms with Gasteiger partial charge in [-0.15, -0.1) is 11.3 Å². The number of thiophene rings is 1. The van der Waals surface area contributed by atoms with Crippen molar-refractivity contribution in [2.24, 2.45) is 0 Å². The maximum atomic E-state index is 12.4. The lowest BCUT2D eigenvalue weighted by molar-refractivity contribution is 0.281. The molecule has 0 saturated carbocycles. The minimum absolute atomic E-state index is 0.130. The van der Waals surface area contributed by atoms with E-state index in [1.165, 1.54) is 40.9 Å². The van der Waals surface area contributed by atoms with Gasteiger partial charge in [-0.05, 0) is 35.2 Å². The van der Waals surface area contributed by atoms with Crippen molar-refractivity contribution in [2.75, 3.05) is 7.05 Å². The SMILES string of the molecule is CN(Cc1cccs1)S(=O)(=O)c1ccc(Cl)c(CO)c1. The largest absolute Gasteiger partial charge is 0.392 e. The summed E-state index contributed by atoms with van der Waals surface area (Å²) in [7, 11) is -2.06. The third-order valence-corrected chi connectivity index (χ3v) is 5.88. The first-order valence-corrected chi connectivity index (χ1v) is 8.53. The second kappa shape index (κ2) is 6.24. The molecule has 1 heterocycles. The van der Waals surface area contributed by atoms with Crippen LogP contribution in [0.2, 0.25) is 5.02 Å². The quantitative estimate of drug-likeness (QED) is 0.916. The van der Waals surface area contributed by atoms with Crippen molar-refractivity contribution in [3.8, 4) is 0 Å². The summed E-state index contributed by atoms with van der Waals surface area (Å²) in [6, 6.07) is 8.10. The van der Waals surface area contributed by atoms with Gasteiger partial charge in [-0.2, -0.15) is 4.31 Å². The fourth-order valence-electron chi connectivity index (χ4n) is 1.72. The molecule has 7 heteroatoms. The number of benzene rings is 1. The molecule has 2 rings (SSSR count). The van der Waals surface area contributed by atoms with Crippen LogP contribution in [-0.2, 0) is 23.2 Å². The summed E-state index contributed by atoms with van der Waals surface area (Å²) in [6.45, 7) is 0.0217. The molecule has 0 bridgehead atoms. The van der Waals surface area contributed by atoms with Crippen molar-refractivity contribution < 1.29 is 13.5 Å². The molecule has 0 radical (unpaired) electrons. The molecule has 1 aromatic heterocycles. The molecular formula is C13H14ClNO3S2. The van der Waals surface area contributed by atoms with E-state index < -0.39 is 10.0 Å². The van der Waals surface area contributed by atoms with E-state index >= 15 is 0 Å². The molecule has 0 aliphatic carbocycles. The van der Waals surface area contributed by atoms with E-state index in [0.717, 1.165) is 4.88 Å². The number of hydrogen-bond acceptors (Lipinski definition) is 4. The minimum Gasteiger partial charge on any atom is -0.392 e. The Morgan fingerprint density at radius 1 is 1.35 bits per heavy atom. The van der Waals surface area contributed by atoms with Gasteiger partial charge >= 0.3 is 0 Å². The molecule has 2 aromatic rings. The van der Waals surface area contributed by atoms with Gasteiger partial charge in [0.05, 0.1) is 11.5 Å². The topological polar surface area (TPSA) is 57.6 Å².